The van der Waals surface area contributed by atoms with Crippen molar-refractivity contribution in [2.24, 2.45) is 5.92 Å². The summed E-state index contributed by atoms with van der Waals surface area (Å²) in [5.41, 5.74) is 2.13. The number of urea groups is 1. The molecule has 0 aliphatic carbocycles. The number of benzene rings is 1. The Hall–Kier alpha value is -2.28. The molecule has 1 fully saturated rings. The number of carbonyl (C=O) groups is 2. The lowest BCUT2D eigenvalue weighted by Crippen LogP contribution is -2.41. The molecule has 1 saturated heterocycles. The highest BCUT2D eigenvalue weighted by Gasteiger charge is 2.18. The summed E-state index contributed by atoms with van der Waals surface area (Å²) in [6, 6.07) is 7.69. The van der Waals surface area contributed by atoms with Gasteiger partial charge in [0.05, 0.1) is 19.1 Å². The molecule has 1 heterocycles. The highest BCUT2D eigenvalue weighted by atomic mass is 16.5. The van der Waals surface area contributed by atoms with Crippen LogP contribution in [0.25, 0.3) is 0 Å². The predicted molar refractivity (Wildman–Crippen MR) is 91.1 cm³/mol. The van der Waals surface area contributed by atoms with Crippen LogP contribution in [0.4, 0.5) is 10.5 Å². The fourth-order valence-corrected chi connectivity index (χ4v) is 2.65. The quantitative estimate of drug-likeness (QED) is 0.821. The van der Waals surface area contributed by atoms with E-state index in [2.05, 4.69) is 10.2 Å². The van der Waals surface area contributed by atoms with Gasteiger partial charge < -0.3 is 25.0 Å². The second-order valence-corrected chi connectivity index (χ2v) is 6.01. The van der Waals surface area contributed by atoms with Crippen molar-refractivity contribution in [1.82, 2.24) is 10.2 Å². The molecule has 2 amide bonds. The summed E-state index contributed by atoms with van der Waals surface area (Å²) in [6.45, 7) is 5.24. The van der Waals surface area contributed by atoms with Gasteiger partial charge >= 0.3 is 12.0 Å². The lowest BCUT2D eigenvalue weighted by atomic mass is 10.1. The summed E-state index contributed by atoms with van der Waals surface area (Å²) in [5.74, 6) is -1.51. The molecule has 1 aromatic carbocycles. The van der Waals surface area contributed by atoms with Crippen molar-refractivity contribution in [2.45, 2.75) is 13.5 Å². The molecule has 0 aromatic heterocycles. The number of ether oxygens (including phenoxy) is 1. The predicted octanol–water partition coefficient (Wildman–Crippen LogP) is 1.39. The number of hydrogen-bond donors (Lipinski definition) is 2. The third-order valence-corrected chi connectivity index (χ3v) is 4.09. The third-order valence-electron chi connectivity index (χ3n) is 4.09. The molecule has 132 valence electrons. The van der Waals surface area contributed by atoms with E-state index < -0.39 is 11.9 Å². The van der Waals surface area contributed by atoms with Crippen LogP contribution in [-0.2, 0) is 16.1 Å². The van der Waals surface area contributed by atoms with Crippen LogP contribution in [0, 0.1) is 5.92 Å². The van der Waals surface area contributed by atoms with Crippen LogP contribution >= 0.6 is 0 Å². The number of nitrogens with zero attached hydrogens (tertiary/aromatic N) is 2. The molecule has 24 heavy (non-hydrogen) atoms. The molecule has 0 spiro atoms. The number of aliphatic carboxylic acids is 1. The Kier molecular flexibility index (Phi) is 6.43. The topological polar surface area (TPSA) is 82.1 Å². The Labute approximate surface area is 142 Å². The van der Waals surface area contributed by atoms with Crippen molar-refractivity contribution in [3.05, 3.63) is 29.8 Å². The summed E-state index contributed by atoms with van der Waals surface area (Å²) in [4.78, 5) is 26.7. The van der Waals surface area contributed by atoms with Gasteiger partial charge in [-0.1, -0.05) is 25.1 Å². The molecular formula is C17H25N3O4. The first-order valence-corrected chi connectivity index (χ1v) is 8.11. The van der Waals surface area contributed by atoms with Crippen molar-refractivity contribution < 1.29 is 19.4 Å². The lowest BCUT2D eigenvalue weighted by molar-refractivity contribution is -0.141. The van der Waals surface area contributed by atoms with Gasteiger partial charge in [-0.2, -0.15) is 0 Å². The standard InChI is InChI=1S/C17H25N3O4/c1-13(16(21)22)12-19(2)17(23)18-11-14-5-3-4-6-15(14)20-7-9-24-10-8-20/h3-6,13H,7-12H2,1-2H3,(H,18,23)(H,21,22). The van der Waals surface area contributed by atoms with Gasteiger partial charge in [-0.3, -0.25) is 4.79 Å². The van der Waals surface area contributed by atoms with Crippen LogP contribution in [0.5, 0.6) is 0 Å². The van der Waals surface area contributed by atoms with E-state index in [9.17, 15) is 9.59 Å². The van der Waals surface area contributed by atoms with E-state index in [1.165, 1.54) is 4.90 Å². The molecule has 1 aromatic rings. The first-order chi connectivity index (χ1) is 11.5. The van der Waals surface area contributed by atoms with E-state index >= 15 is 0 Å². The minimum Gasteiger partial charge on any atom is -0.481 e. The molecule has 0 saturated carbocycles. The average Bonchev–Trinajstić information content (AvgIpc) is 2.60. The maximum atomic E-state index is 12.2. The molecule has 2 rings (SSSR count). The van der Waals surface area contributed by atoms with Gasteiger partial charge in [-0.15, -0.1) is 0 Å². The number of carbonyl (C=O) groups excluding carboxylic acids is 1. The summed E-state index contributed by atoms with van der Waals surface area (Å²) >= 11 is 0. The zero-order valence-electron chi connectivity index (χ0n) is 14.2. The van der Waals surface area contributed by atoms with Gasteiger partial charge in [-0.05, 0) is 11.6 Å². The largest absolute Gasteiger partial charge is 0.481 e. The van der Waals surface area contributed by atoms with Gasteiger partial charge in [0, 0.05) is 38.9 Å². The molecule has 1 atom stereocenters. The van der Waals surface area contributed by atoms with E-state index in [1.807, 2.05) is 24.3 Å². The zero-order valence-corrected chi connectivity index (χ0v) is 14.2. The van der Waals surface area contributed by atoms with Crippen LogP contribution in [0.2, 0.25) is 0 Å². The molecule has 1 aliphatic heterocycles. The van der Waals surface area contributed by atoms with Gasteiger partial charge in [0.15, 0.2) is 0 Å². The lowest BCUT2D eigenvalue weighted by Gasteiger charge is -2.30. The maximum Gasteiger partial charge on any atom is 0.317 e. The molecule has 0 bridgehead atoms. The van der Waals surface area contributed by atoms with Gasteiger partial charge in [0.25, 0.3) is 0 Å². The monoisotopic (exact) mass is 335 g/mol. The van der Waals surface area contributed by atoms with Crippen LogP contribution in [0.15, 0.2) is 24.3 Å². The number of carboxylic acids is 1. The molecule has 1 aliphatic rings. The van der Waals surface area contributed by atoms with Crippen molar-refractivity contribution in [2.75, 3.05) is 44.8 Å². The average molecular weight is 335 g/mol. The molecule has 7 heteroatoms. The Bertz CT molecular complexity index is 573. The molecule has 2 N–H and O–H groups in total. The Morgan fingerprint density at radius 3 is 2.67 bits per heavy atom. The van der Waals surface area contributed by atoms with E-state index in [-0.39, 0.29) is 12.6 Å². The maximum absolute atomic E-state index is 12.2. The van der Waals surface area contributed by atoms with Crippen molar-refractivity contribution in [3.63, 3.8) is 0 Å². The Balaban J connectivity index is 1.94. The normalized spacial score (nSPS) is 15.7. The van der Waals surface area contributed by atoms with Crippen molar-refractivity contribution in [3.8, 4) is 0 Å². The number of para-hydroxylation sites is 1. The van der Waals surface area contributed by atoms with E-state index in [4.69, 9.17) is 9.84 Å². The van der Waals surface area contributed by atoms with Crippen LogP contribution in [0.1, 0.15) is 12.5 Å². The minimum atomic E-state index is -0.910. The number of morpholine rings is 1. The number of hydrogen-bond acceptors (Lipinski definition) is 4. The fraction of sp³-hybridized carbons (Fsp3) is 0.529. The van der Waals surface area contributed by atoms with Gasteiger partial charge in [-0.25, -0.2) is 4.79 Å². The number of anilines is 1. The second-order valence-electron chi connectivity index (χ2n) is 6.01. The Morgan fingerprint density at radius 2 is 2.00 bits per heavy atom. The summed E-state index contributed by atoms with van der Waals surface area (Å²) in [5, 5.41) is 11.8. The summed E-state index contributed by atoms with van der Waals surface area (Å²) in [7, 11) is 1.60. The number of nitrogens with one attached hydrogen (secondary N) is 1. The van der Waals surface area contributed by atoms with E-state index in [0.717, 1.165) is 24.3 Å². The first kappa shape index (κ1) is 18.1. The first-order valence-electron chi connectivity index (χ1n) is 8.11. The van der Waals surface area contributed by atoms with E-state index in [1.54, 1.807) is 14.0 Å². The van der Waals surface area contributed by atoms with Crippen LogP contribution in [-0.4, -0.2) is 61.9 Å². The molecule has 1 unspecified atom stereocenters. The zero-order chi connectivity index (χ0) is 17.5. The molecule has 7 nitrogen and oxygen atoms in total. The van der Waals surface area contributed by atoms with Crippen molar-refractivity contribution in [1.29, 1.82) is 0 Å². The van der Waals surface area contributed by atoms with E-state index in [0.29, 0.717) is 19.8 Å². The van der Waals surface area contributed by atoms with Crippen molar-refractivity contribution >= 4 is 17.7 Å². The summed E-state index contributed by atoms with van der Waals surface area (Å²) in [6.07, 6.45) is 0. The second kappa shape index (κ2) is 8.54. The molecule has 0 radical (unpaired) electrons. The summed E-state index contributed by atoms with van der Waals surface area (Å²) < 4.78 is 5.38. The number of rotatable bonds is 6. The fourth-order valence-electron chi connectivity index (χ4n) is 2.65. The minimum absolute atomic E-state index is 0.173. The molecular weight excluding hydrogens is 310 g/mol. The number of amides is 2. The van der Waals surface area contributed by atoms with Crippen LogP contribution in [0.3, 0.4) is 0 Å². The highest BCUT2D eigenvalue weighted by molar-refractivity contribution is 5.76. The number of carboxylic acid groups (broad SMARTS) is 1. The SMILES string of the molecule is CC(CN(C)C(=O)NCc1ccccc1N1CCOCC1)C(=O)O. The highest BCUT2D eigenvalue weighted by Crippen LogP contribution is 2.21. The smallest absolute Gasteiger partial charge is 0.317 e. The third kappa shape index (κ3) is 4.86. The van der Waals surface area contributed by atoms with Gasteiger partial charge in [0.2, 0.25) is 0 Å². The van der Waals surface area contributed by atoms with Gasteiger partial charge in [0.1, 0.15) is 0 Å². The Morgan fingerprint density at radius 1 is 1.33 bits per heavy atom. The van der Waals surface area contributed by atoms with Crippen LogP contribution < -0.4 is 10.2 Å².